The number of aliphatic hydroxyl groups excluding tert-OH is 4. The van der Waals surface area contributed by atoms with Gasteiger partial charge >= 0.3 is 48.1 Å². The number of aliphatic imine (C=N–C) groups is 4. The van der Waals surface area contributed by atoms with Gasteiger partial charge in [-0.3, -0.25) is 79.3 Å². The van der Waals surface area contributed by atoms with Crippen molar-refractivity contribution in [2.24, 2.45) is 42.9 Å². The molecule has 0 bridgehead atoms. The number of ether oxygens (including phenoxy) is 1. The monoisotopic (exact) mass is 1700 g/mol. The second-order valence-corrected chi connectivity index (χ2v) is 37.6. The first-order valence-corrected chi connectivity index (χ1v) is 43.3. The minimum absolute atomic E-state index is 0.0137. The molecule has 8 fully saturated rings. The highest BCUT2D eigenvalue weighted by Gasteiger charge is 2.58. The molecule has 4 unspecified atom stereocenters. The summed E-state index contributed by atoms with van der Waals surface area (Å²) >= 11 is 6.55. The van der Waals surface area contributed by atoms with E-state index in [0.717, 1.165) is 17.4 Å². The molecule has 0 spiro atoms. The number of nitrogens with zero attached hydrogens (tertiary/aromatic N) is 10. The van der Waals surface area contributed by atoms with Crippen molar-refractivity contribution in [3.63, 3.8) is 0 Å². The molecule has 12 aliphatic rings. The van der Waals surface area contributed by atoms with E-state index in [1.54, 1.807) is 89.5 Å². The van der Waals surface area contributed by atoms with Crippen molar-refractivity contribution in [2.45, 2.75) is 144 Å². The van der Waals surface area contributed by atoms with Gasteiger partial charge in [-0.25, -0.2) is 38.2 Å². The predicted molar refractivity (Wildman–Crippen MR) is 399 cm³/mol. The molecule has 2 aromatic rings. The molecule has 0 amide bonds. The van der Waals surface area contributed by atoms with Crippen molar-refractivity contribution in [3.8, 4) is 0 Å². The minimum atomic E-state index is -4.00. The normalized spacial score (nSPS) is 35.7. The Hall–Kier alpha value is -6.07. The molecule has 8 saturated heterocycles. The minimum Gasteiger partial charge on any atom is -0.466 e. The Kier molecular flexibility index (Phi) is 27.3. The van der Waals surface area contributed by atoms with Gasteiger partial charge in [0.1, 0.15) is 134 Å². The number of nitrogens with two attached hydrogens (primary N) is 4. The number of hydrogen-bond donors (Lipinski definition) is 8. The number of hydrogen-bond acceptors (Lipinski definition) is 44. The fourth-order valence-corrected chi connectivity index (χ4v) is 25.1. The van der Waals surface area contributed by atoms with E-state index in [1.807, 2.05) is 0 Å². The highest BCUT2D eigenvalue weighted by Crippen LogP contribution is 2.63. The predicted octanol–water partition coefficient (Wildman–Crippen LogP) is 6.57. The van der Waals surface area contributed by atoms with Gasteiger partial charge in [-0.2, -0.15) is 0 Å². The number of thiophene rings is 1. The number of carbonyl (C=O) groups is 1. The van der Waals surface area contributed by atoms with Crippen LogP contribution < -0.4 is 22.9 Å². The number of amidine groups is 4. The first-order chi connectivity index (χ1) is 51.6. The fourth-order valence-electron chi connectivity index (χ4n) is 11.6. The van der Waals surface area contributed by atoms with Crippen molar-refractivity contribution < 1.29 is 117 Å². The molecule has 2 aromatic heterocycles. The van der Waals surface area contributed by atoms with E-state index < -0.39 is 112 Å². The van der Waals surface area contributed by atoms with Gasteiger partial charge in [-0.05, 0) is 63.6 Å². The van der Waals surface area contributed by atoms with Gasteiger partial charge in [0, 0.05) is 42.2 Å². The molecule has 0 aromatic carbocycles. The lowest BCUT2D eigenvalue weighted by molar-refractivity contribution is -0.402. The quantitative estimate of drug-likeness (QED) is 0.0228. The van der Waals surface area contributed by atoms with Crippen LogP contribution in [-0.4, -0.2) is 216 Å². The van der Waals surface area contributed by atoms with Crippen LogP contribution in [0.15, 0.2) is 147 Å². The van der Waals surface area contributed by atoms with Crippen LogP contribution in [0.25, 0.3) is 0 Å². The molecule has 596 valence electrons. The average Bonchev–Trinajstić information content (AvgIpc) is 1.64. The third-order valence-corrected chi connectivity index (χ3v) is 29.7. The van der Waals surface area contributed by atoms with E-state index in [9.17, 15) is 63.7 Å². The number of nitro groups is 2. The summed E-state index contributed by atoms with van der Waals surface area (Å²) in [6.07, 6.45) is 6.42. The fraction of sp³-hybridized carbons (Fsp3) is 0.508. The van der Waals surface area contributed by atoms with E-state index in [0.29, 0.717) is 64.5 Å². The maximum absolute atomic E-state index is 12.8. The van der Waals surface area contributed by atoms with Crippen LogP contribution >= 0.6 is 89.7 Å². The van der Waals surface area contributed by atoms with Crippen molar-refractivity contribution in [1.29, 1.82) is 0 Å². The zero-order valence-electron chi connectivity index (χ0n) is 57.9. The molecule has 14 rings (SSSR count). The van der Waals surface area contributed by atoms with Gasteiger partial charge in [0.15, 0.2) is 0 Å². The second kappa shape index (κ2) is 35.5. The van der Waals surface area contributed by atoms with Crippen molar-refractivity contribution in [3.05, 3.63) is 154 Å². The molecule has 50 heteroatoms. The Bertz CT molecular complexity index is 4130. The van der Waals surface area contributed by atoms with Crippen LogP contribution in [0.3, 0.4) is 0 Å². The Balaban J connectivity index is 0.000000145. The average molecular weight is 1700 g/mol. The highest BCUT2D eigenvalue weighted by molar-refractivity contribution is 8.01. The summed E-state index contributed by atoms with van der Waals surface area (Å²) < 4.78 is 125. The van der Waals surface area contributed by atoms with E-state index in [1.165, 1.54) is 65.2 Å². The van der Waals surface area contributed by atoms with Gasteiger partial charge in [0.25, 0.3) is 0 Å². The van der Waals surface area contributed by atoms with E-state index in [4.69, 9.17) is 86.4 Å². The van der Waals surface area contributed by atoms with Crippen LogP contribution in [-0.2, 0) is 95.3 Å². The maximum atomic E-state index is 12.8. The second-order valence-electron chi connectivity index (χ2n) is 24.6. The standard InChI is InChI=1S/C16H24N3O7PS.C15H17N4O8PS.C15H17N4O7PS2.C13H20N3O5PS/c1-3-23-13(20)5-4-8-24-27(22)25-9-11-15(26-27)14(21)16(28-11)19-7-6-12(17)18-10(19)2;1-8-17-11(16)4-5-18(8)15-13(20)14-10(29-15)7-25-28(23,27-14)24-6-9-2-3-12(26-9)19(21)22;1-8-17-11(16)4-5-18(8)15-13(20)14-10(29-15)7-25-27(23,26-14)24-6-9-2-3-12(28-9)19(21)22;1-7(2)20-22(18)19-6-9-12(21-22)11(17)13(23-9)16-5-4-10(14)15-8(16)3/h6-7,11,14-16,21H,2-5,8-9H2,1H3,(H2,17,18);2*2-5,10,13-15,20H,1,6-7H2,(H2,16,17);4-5,7,9,11-13,17H,3,6H2,1-2H3,(H2,14,15)/t11-,14+,15-,16-,27?;10-,13+,14-,15-,28?;10-,13+,14-,15-,27?;9-,11+,12-,13-,22?/m1111/s1. The van der Waals surface area contributed by atoms with E-state index in [-0.39, 0.29) is 102 Å². The molecule has 109 heavy (non-hydrogen) atoms. The van der Waals surface area contributed by atoms with Gasteiger partial charge in [0.05, 0.1) is 84.3 Å². The number of esters is 1. The third-order valence-electron chi connectivity index (χ3n) is 16.6. The van der Waals surface area contributed by atoms with E-state index >= 15 is 0 Å². The molecule has 20 atom stereocenters. The molecule has 0 saturated carbocycles. The van der Waals surface area contributed by atoms with E-state index in [2.05, 4.69) is 46.3 Å². The van der Waals surface area contributed by atoms with Crippen LogP contribution in [0.5, 0.6) is 0 Å². The summed E-state index contributed by atoms with van der Waals surface area (Å²) in [4.78, 5) is 55.1. The summed E-state index contributed by atoms with van der Waals surface area (Å²) in [7, 11) is -15.4. The molecule has 14 heterocycles. The van der Waals surface area contributed by atoms with Gasteiger partial charge in [0.2, 0.25) is 0 Å². The third kappa shape index (κ3) is 20.3. The van der Waals surface area contributed by atoms with Crippen LogP contribution in [0.2, 0.25) is 0 Å². The van der Waals surface area contributed by atoms with Crippen molar-refractivity contribution >= 4 is 130 Å². The Morgan fingerprint density at radius 2 is 0.936 bits per heavy atom. The first-order valence-electron chi connectivity index (χ1n) is 32.9. The van der Waals surface area contributed by atoms with Crippen LogP contribution in [0.4, 0.5) is 10.9 Å². The molecular weight excluding hydrogens is 1620 g/mol. The Morgan fingerprint density at radius 3 is 1.28 bits per heavy atom. The van der Waals surface area contributed by atoms with Gasteiger partial charge < -0.3 is 72.1 Å². The molecule has 12 N–H and O–H groups in total. The lowest BCUT2D eigenvalue weighted by Gasteiger charge is -2.33. The summed E-state index contributed by atoms with van der Waals surface area (Å²) in [6.45, 7) is 20.7. The van der Waals surface area contributed by atoms with Crippen LogP contribution in [0, 0.1) is 20.2 Å². The molecule has 0 aliphatic carbocycles. The molecule has 12 aliphatic heterocycles. The number of fused-ring (bicyclic) bond motifs is 4. The zero-order chi connectivity index (χ0) is 78.6. The zero-order valence-corrected chi connectivity index (χ0v) is 65.6. The van der Waals surface area contributed by atoms with Gasteiger partial charge in [-0.15, -0.1) is 47.0 Å². The molecular formula is C59H78N14O27P4S5. The smallest absolute Gasteiger partial charge is 0.466 e. The topological polar surface area (TPSA) is 552 Å². The van der Waals surface area contributed by atoms with Gasteiger partial charge in [-0.1, -0.05) is 37.7 Å². The summed E-state index contributed by atoms with van der Waals surface area (Å²) in [5.41, 5.74) is 22.6. The number of furan rings is 1. The number of rotatable bonds is 20. The number of thioether (sulfide) groups is 4. The lowest BCUT2D eigenvalue weighted by Crippen LogP contribution is -2.43. The Labute approximate surface area is 643 Å². The summed E-state index contributed by atoms with van der Waals surface area (Å²) in [6, 6.07) is 5.34. The highest BCUT2D eigenvalue weighted by atomic mass is 32.2. The van der Waals surface area contributed by atoms with Crippen molar-refractivity contribution in [1.82, 2.24) is 19.6 Å². The maximum Gasteiger partial charge on any atom is 0.475 e. The number of aliphatic hydroxyl groups is 4. The Morgan fingerprint density at radius 1 is 0.569 bits per heavy atom. The lowest BCUT2D eigenvalue weighted by atomic mass is 10.1. The summed E-state index contributed by atoms with van der Waals surface area (Å²) in [5, 5.41) is 61.5. The van der Waals surface area contributed by atoms with Crippen molar-refractivity contribution in [2.75, 3.05) is 39.6 Å². The summed E-state index contributed by atoms with van der Waals surface area (Å²) in [5.74, 6) is 2.15. The molecule has 41 nitrogen and oxygen atoms in total. The SMILES string of the molecule is C=C1N=C(N)C=CN1[C@@H]1S[C@@H]2COP(=O)(OC(C)C)O[C@H]2[C@@H]1O.C=C1N=C(N)C=CN1[C@@H]1S[C@@H]2COP(=O)(OCCCC(=O)OCC)O[C@H]2[C@@H]1O.C=C1N=C(N)C=CN1[C@@H]1S[C@@H]2COP(=O)(OCc3ccc([N+](=O)[O-])o3)O[C@H]2[C@@H]1O.C=C1N=C(N)C=CN1[C@@H]1S[C@@H]2COP(=O)(OCc3ccc([N+](=O)[O-])s3)O[C@H]2[C@@H]1O. The largest absolute Gasteiger partial charge is 0.475 e. The number of phosphoric acid groups is 4. The molecule has 0 radical (unpaired) electrons. The first kappa shape index (κ1) is 83.9. The number of phosphoric ester groups is 4. The van der Waals surface area contributed by atoms with Crippen LogP contribution in [0.1, 0.15) is 44.3 Å². The number of carbonyl (C=O) groups excluding carboxylic acids is 1.